The Morgan fingerprint density at radius 1 is 1.35 bits per heavy atom. The fourth-order valence-electron chi connectivity index (χ4n) is 2.32. The molecule has 5 heteroatoms. The van der Waals surface area contributed by atoms with Gasteiger partial charge in [-0.15, -0.1) is 0 Å². The van der Waals surface area contributed by atoms with E-state index in [-0.39, 0.29) is 5.91 Å². The number of nitrogens with one attached hydrogen (secondary N) is 1. The number of hydrogen-bond acceptors (Lipinski definition) is 3. The molecule has 1 fully saturated rings. The van der Waals surface area contributed by atoms with Crippen LogP contribution in [-0.4, -0.2) is 35.7 Å². The van der Waals surface area contributed by atoms with Crippen LogP contribution in [0.3, 0.4) is 0 Å². The fourth-order valence-corrected chi connectivity index (χ4v) is 2.32. The van der Waals surface area contributed by atoms with E-state index in [1.807, 2.05) is 6.92 Å². The Bertz CT molecular complexity index is 280. The highest BCUT2D eigenvalue weighted by molar-refractivity contribution is 5.89. The summed E-state index contributed by atoms with van der Waals surface area (Å²) < 4.78 is 5.02. The minimum Gasteiger partial charge on any atom is -0.480 e. The van der Waals surface area contributed by atoms with Crippen LogP contribution in [-0.2, 0) is 14.3 Å². The Morgan fingerprint density at radius 2 is 1.94 bits per heavy atom. The minimum atomic E-state index is -1.08. The molecule has 5 nitrogen and oxygen atoms in total. The summed E-state index contributed by atoms with van der Waals surface area (Å²) in [4.78, 5) is 23.2. The Morgan fingerprint density at radius 3 is 2.35 bits per heavy atom. The average Bonchev–Trinajstić information content (AvgIpc) is 2.31. The zero-order chi connectivity index (χ0) is 12.9. The molecule has 1 rings (SSSR count). The number of amides is 1. The Kier molecular flexibility index (Phi) is 4.93. The number of ether oxygens (including phenoxy) is 1. The maximum Gasteiger partial charge on any atom is 0.329 e. The summed E-state index contributed by atoms with van der Waals surface area (Å²) in [6.45, 7) is 1.84. The molecule has 1 aliphatic carbocycles. The van der Waals surface area contributed by atoms with E-state index < -0.39 is 17.6 Å². The second kappa shape index (κ2) is 6.00. The molecule has 1 atom stereocenters. The van der Waals surface area contributed by atoms with Gasteiger partial charge in [-0.25, -0.2) is 4.79 Å². The van der Waals surface area contributed by atoms with E-state index in [4.69, 9.17) is 4.74 Å². The van der Waals surface area contributed by atoms with E-state index in [2.05, 4.69) is 5.32 Å². The maximum absolute atomic E-state index is 11.9. The zero-order valence-electron chi connectivity index (χ0n) is 10.5. The molecule has 0 spiro atoms. The van der Waals surface area contributed by atoms with Crippen LogP contribution in [0.1, 0.15) is 45.4 Å². The summed E-state index contributed by atoms with van der Waals surface area (Å²) in [5.74, 6) is -1.25. The third kappa shape index (κ3) is 3.19. The van der Waals surface area contributed by atoms with Crippen LogP contribution in [0.2, 0.25) is 0 Å². The number of rotatable bonds is 5. The minimum absolute atomic E-state index is 0.320. The first-order valence-electron chi connectivity index (χ1n) is 6.14. The predicted octanol–water partition coefficient (Wildman–Crippen LogP) is 1.32. The topological polar surface area (TPSA) is 75.6 Å². The van der Waals surface area contributed by atoms with Crippen molar-refractivity contribution in [1.29, 1.82) is 0 Å². The highest BCUT2D eigenvalue weighted by Crippen LogP contribution is 2.28. The van der Waals surface area contributed by atoms with Crippen molar-refractivity contribution < 1.29 is 19.4 Å². The third-order valence-electron chi connectivity index (χ3n) is 3.43. The first-order chi connectivity index (χ1) is 8.05. The van der Waals surface area contributed by atoms with Gasteiger partial charge in [0, 0.05) is 7.11 Å². The van der Waals surface area contributed by atoms with Gasteiger partial charge >= 0.3 is 5.97 Å². The van der Waals surface area contributed by atoms with Gasteiger partial charge in [-0.05, 0) is 19.3 Å². The second-order valence-electron chi connectivity index (χ2n) is 4.57. The molecule has 0 aromatic carbocycles. The van der Waals surface area contributed by atoms with Gasteiger partial charge in [0.1, 0.15) is 11.6 Å². The van der Waals surface area contributed by atoms with Crippen molar-refractivity contribution >= 4 is 11.9 Å². The molecule has 2 N–H and O–H groups in total. The SMILES string of the molecule is CCC(OC)C(=O)NC1(C(=O)O)CCCCC1. The molecule has 0 heterocycles. The van der Waals surface area contributed by atoms with Gasteiger partial charge in [0.05, 0.1) is 0 Å². The smallest absolute Gasteiger partial charge is 0.329 e. The molecule has 0 bridgehead atoms. The van der Waals surface area contributed by atoms with Crippen LogP contribution in [0.4, 0.5) is 0 Å². The van der Waals surface area contributed by atoms with Gasteiger partial charge in [0.25, 0.3) is 0 Å². The molecule has 98 valence electrons. The normalized spacial score (nSPS) is 20.6. The van der Waals surface area contributed by atoms with Gasteiger partial charge in [0.15, 0.2) is 0 Å². The van der Waals surface area contributed by atoms with Gasteiger partial charge in [-0.3, -0.25) is 4.79 Å². The summed E-state index contributed by atoms with van der Waals surface area (Å²) in [5.41, 5.74) is -1.08. The molecule has 0 aromatic heterocycles. The third-order valence-corrected chi connectivity index (χ3v) is 3.43. The predicted molar refractivity (Wildman–Crippen MR) is 62.7 cm³/mol. The van der Waals surface area contributed by atoms with E-state index in [0.717, 1.165) is 19.3 Å². The standard InChI is InChI=1S/C12H21NO4/c1-3-9(17-2)10(14)13-12(11(15)16)7-5-4-6-8-12/h9H,3-8H2,1-2H3,(H,13,14)(H,15,16). The molecule has 1 aliphatic rings. The van der Waals surface area contributed by atoms with E-state index in [1.165, 1.54) is 7.11 Å². The molecule has 17 heavy (non-hydrogen) atoms. The monoisotopic (exact) mass is 243 g/mol. The number of hydrogen-bond donors (Lipinski definition) is 2. The van der Waals surface area contributed by atoms with E-state index in [1.54, 1.807) is 0 Å². The molecular weight excluding hydrogens is 222 g/mol. The second-order valence-corrected chi connectivity index (χ2v) is 4.57. The maximum atomic E-state index is 11.9. The number of carbonyl (C=O) groups excluding carboxylic acids is 1. The molecule has 0 radical (unpaired) electrons. The Hall–Kier alpha value is -1.10. The number of aliphatic carboxylic acids is 1. The van der Waals surface area contributed by atoms with Crippen molar-refractivity contribution in [2.45, 2.75) is 57.1 Å². The lowest BCUT2D eigenvalue weighted by atomic mass is 9.81. The van der Waals surface area contributed by atoms with Crippen molar-refractivity contribution in [2.75, 3.05) is 7.11 Å². The molecule has 0 saturated heterocycles. The van der Waals surface area contributed by atoms with Crippen molar-refractivity contribution in [2.24, 2.45) is 0 Å². The van der Waals surface area contributed by atoms with Crippen LogP contribution in [0.15, 0.2) is 0 Å². The summed E-state index contributed by atoms with van der Waals surface area (Å²) in [6.07, 6.45) is 3.72. The summed E-state index contributed by atoms with van der Waals surface area (Å²) >= 11 is 0. The lowest BCUT2D eigenvalue weighted by molar-refractivity contribution is -0.151. The van der Waals surface area contributed by atoms with Crippen molar-refractivity contribution in [3.8, 4) is 0 Å². The van der Waals surface area contributed by atoms with E-state index >= 15 is 0 Å². The highest BCUT2D eigenvalue weighted by Gasteiger charge is 2.41. The lowest BCUT2D eigenvalue weighted by Gasteiger charge is -2.34. The lowest BCUT2D eigenvalue weighted by Crippen LogP contribution is -2.57. The number of carboxylic acid groups (broad SMARTS) is 1. The fraction of sp³-hybridized carbons (Fsp3) is 0.833. The Labute approximate surface area is 102 Å². The van der Waals surface area contributed by atoms with Crippen LogP contribution in [0, 0.1) is 0 Å². The first kappa shape index (κ1) is 14.0. The van der Waals surface area contributed by atoms with E-state index in [0.29, 0.717) is 19.3 Å². The number of carboxylic acids is 1. The molecule has 1 saturated carbocycles. The number of methoxy groups -OCH3 is 1. The molecule has 0 aliphatic heterocycles. The summed E-state index contributed by atoms with van der Waals surface area (Å²) in [5, 5.41) is 12.0. The molecule has 1 amide bonds. The number of carbonyl (C=O) groups is 2. The van der Waals surface area contributed by atoms with Crippen LogP contribution in [0.5, 0.6) is 0 Å². The molecule has 0 aromatic rings. The molecule has 1 unspecified atom stereocenters. The zero-order valence-corrected chi connectivity index (χ0v) is 10.5. The van der Waals surface area contributed by atoms with Crippen molar-refractivity contribution in [1.82, 2.24) is 5.32 Å². The van der Waals surface area contributed by atoms with Gasteiger partial charge in [0.2, 0.25) is 5.91 Å². The van der Waals surface area contributed by atoms with Crippen LogP contribution in [0.25, 0.3) is 0 Å². The average molecular weight is 243 g/mol. The Balaban J connectivity index is 2.73. The van der Waals surface area contributed by atoms with Gasteiger partial charge in [-0.2, -0.15) is 0 Å². The quantitative estimate of drug-likeness (QED) is 0.763. The summed E-state index contributed by atoms with van der Waals surface area (Å²) in [7, 11) is 1.46. The van der Waals surface area contributed by atoms with Gasteiger partial charge in [-0.1, -0.05) is 26.2 Å². The van der Waals surface area contributed by atoms with Crippen LogP contribution < -0.4 is 5.32 Å². The highest BCUT2D eigenvalue weighted by atomic mass is 16.5. The van der Waals surface area contributed by atoms with Crippen molar-refractivity contribution in [3.05, 3.63) is 0 Å². The van der Waals surface area contributed by atoms with E-state index in [9.17, 15) is 14.7 Å². The van der Waals surface area contributed by atoms with Crippen molar-refractivity contribution in [3.63, 3.8) is 0 Å². The molecular formula is C12H21NO4. The van der Waals surface area contributed by atoms with Crippen LogP contribution >= 0.6 is 0 Å². The van der Waals surface area contributed by atoms with Gasteiger partial charge < -0.3 is 15.2 Å². The summed E-state index contributed by atoms with van der Waals surface area (Å²) in [6, 6.07) is 0. The largest absolute Gasteiger partial charge is 0.480 e. The first-order valence-corrected chi connectivity index (χ1v) is 6.14.